The summed E-state index contributed by atoms with van der Waals surface area (Å²) in [4.78, 5) is 12.6. The molecule has 2 atom stereocenters. The highest BCUT2D eigenvalue weighted by molar-refractivity contribution is 7.10. The van der Waals surface area contributed by atoms with Gasteiger partial charge >= 0.3 is 0 Å². The molecule has 0 amide bonds. The lowest BCUT2D eigenvalue weighted by atomic mass is 10.1. The third-order valence-electron chi connectivity index (χ3n) is 3.98. The maximum absolute atomic E-state index is 5.33. The van der Waals surface area contributed by atoms with Gasteiger partial charge in [0.05, 0.1) is 12.2 Å². The fraction of sp³-hybridized carbons (Fsp3) is 0.556. The number of guanidine groups is 1. The summed E-state index contributed by atoms with van der Waals surface area (Å²) >= 11 is 3.46. The van der Waals surface area contributed by atoms with Gasteiger partial charge < -0.3 is 15.0 Å². The van der Waals surface area contributed by atoms with E-state index in [0.717, 1.165) is 36.2 Å². The van der Waals surface area contributed by atoms with Crippen LogP contribution in [0.1, 0.15) is 35.5 Å². The fourth-order valence-corrected chi connectivity index (χ4v) is 4.21. The zero-order chi connectivity index (χ0) is 18.2. The normalized spacial score (nSPS) is 14.4. The van der Waals surface area contributed by atoms with Crippen LogP contribution in [0, 0.1) is 5.92 Å². The molecule has 138 valence electrons. The van der Waals surface area contributed by atoms with E-state index in [9.17, 15) is 0 Å². The number of aliphatic imine (C=N–C) groups is 1. The highest BCUT2D eigenvalue weighted by Gasteiger charge is 2.13. The van der Waals surface area contributed by atoms with E-state index in [-0.39, 0.29) is 6.10 Å². The van der Waals surface area contributed by atoms with Gasteiger partial charge in [0.1, 0.15) is 11.1 Å². The van der Waals surface area contributed by atoms with Crippen molar-refractivity contribution in [3.05, 3.63) is 38.5 Å². The molecule has 0 bridgehead atoms. The second-order valence-electron chi connectivity index (χ2n) is 6.23. The number of methoxy groups -OCH3 is 1. The van der Waals surface area contributed by atoms with Crippen LogP contribution in [0.3, 0.4) is 0 Å². The number of hydrogen-bond donors (Lipinski definition) is 1. The molecule has 0 saturated heterocycles. The van der Waals surface area contributed by atoms with Crippen LogP contribution in [0.5, 0.6) is 0 Å². The van der Waals surface area contributed by atoms with Gasteiger partial charge in [0.25, 0.3) is 0 Å². The van der Waals surface area contributed by atoms with Crippen molar-refractivity contribution in [2.75, 3.05) is 27.7 Å². The molecule has 2 unspecified atom stereocenters. The highest BCUT2D eigenvalue weighted by Crippen LogP contribution is 2.21. The molecule has 2 aromatic heterocycles. The summed E-state index contributed by atoms with van der Waals surface area (Å²) in [6.45, 7) is 5.91. The molecule has 0 spiro atoms. The van der Waals surface area contributed by atoms with Crippen LogP contribution >= 0.6 is 22.7 Å². The summed E-state index contributed by atoms with van der Waals surface area (Å²) < 4.78 is 5.33. The molecular weight excluding hydrogens is 352 g/mol. The second-order valence-corrected chi connectivity index (χ2v) is 8.15. The first-order valence-corrected chi connectivity index (χ1v) is 10.2. The Hall–Kier alpha value is -1.44. The number of hydrogen-bond acceptors (Lipinski definition) is 5. The van der Waals surface area contributed by atoms with Crippen LogP contribution in [0.4, 0.5) is 0 Å². The smallest absolute Gasteiger partial charge is 0.193 e. The first kappa shape index (κ1) is 19.9. The number of aromatic nitrogens is 1. The second kappa shape index (κ2) is 9.89. The molecular formula is C18H28N4OS2. The van der Waals surface area contributed by atoms with Gasteiger partial charge in [-0.3, -0.25) is 4.99 Å². The maximum atomic E-state index is 5.33. The number of rotatable bonds is 8. The highest BCUT2D eigenvalue weighted by atomic mass is 32.1. The average Bonchev–Trinajstić information content (AvgIpc) is 3.26. The molecule has 0 fully saturated rings. The van der Waals surface area contributed by atoms with E-state index in [4.69, 9.17) is 4.74 Å². The minimum atomic E-state index is 0.0413. The molecule has 0 radical (unpaired) electrons. The zero-order valence-electron chi connectivity index (χ0n) is 15.7. The Kier molecular flexibility index (Phi) is 7.87. The lowest BCUT2D eigenvalue weighted by Gasteiger charge is -2.22. The SMILES string of the molecule is CN=C(NCC(C)Cc1cccs1)N(C)Cc1csc(C(C)OC)n1. The maximum Gasteiger partial charge on any atom is 0.193 e. The van der Waals surface area contributed by atoms with Crippen molar-refractivity contribution in [1.82, 2.24) is 15.2 Å². The Morgan fingerprint density at radius 2 is 2.20 bits per heavy atom. The number of ether oxygens (including phenoxy) is 1. The van der Waals surface area contributed by atoms with Crippen LogP contribution in [0.25, 0.3) is 0 Å². The predicted octanol–water partition coefficient (Wildman–Crippen LogP) is 3.80. The Labute approximate surface area is 158 Å². The number of nitrogens with one attached hydrogen (secondary N) is 1. The largest absolute Gasteiger partial charge is 0.375 e. The monoisotopic (exact) mass is 380 g/mol. The van der Waals surface area contributed by atoms with Gasteiger partial charge in [-0.1, -0.05) is 13.0 Å². The van der Waals surface area contributed by atoms with E-state index >= 15 is 0 Å². The average molecular weight is 381 g/mol. The standard InChI is InChI=1S/C18H28N4OS2/c1-13(9-16-7-6-8-24-16)10-20-18(19-3)22(4)11-15-12-25-17(21-15)14(2)23-5/h6-8,12-14H,9-11H2,1-5H3,(H,19,20). The molecule has 7 heteroatoms. The van der Waals surface area contributed by atoms with Gasteiger partial charge in [0.15, 0.2) is 5.96 Å². The molecule has 2 heterocycles. The van der Waals surface area contributed by atoms with Crippen molar-refractivity contribution in [2.24, 2.45) is 10.9 Å². The van der Waals surface area contributed by atoms with Gasteiger partial charge in [0.2, 0.25) is 0 Å². The van der Waals surface area contributed by atoms with E-state index in [1.807, 2.05) is 32.4 Å². The Bertz CT molecular complexity index is 654. The Balaban J connectivity index is 1.84. The van der Waals surface area contributed by atoms with E-state index in [1.165, 1.54) is 4.88 Å². The van der Waals surface area contributed by atoms with Crippen molar-refractivity contribution in [3.63, 3.8) is 0 Å². The third-order valence-corrected chi connectivity index (χ3v) is 5.94. The molecule has 0 aromatic carbocycles. The summed E-state index contributed by atoms with van der Waals surface area (Å²) in [7, 11) is 5.57. The molecule has 25 heavy (non-hydrogen) atoms. The lowest BCUT2D eigenvalue weighted by molar-refractivity contribution is 0.119. The van der Waals surface area contributed by atoms with Crippen LogP contribution < -0.4 is 5.32 Å². The fourth-order valence-electron chi connectivity index (χ4n) is 2.50. The van der Waals surface area contributed by atoms with Gasteiger partial charge in [-0.15, -0.1) is 22.7 Å². The number of thiazole rings is 1. The van der Waals surface area contributed by atoms with Crippen LogP contribution in [-0.4, -0.2) is 43.6 Å². The molecule has 2 aromatic rings. The quantitative estimate of drug-likeness (QED) is 0.559. The first-order valence-electron chi connectivity index (χ1n) is 8.44. The van der Waals surface area contributed by atoms with Crippen molar-refractivity contribution in [3.8, 4) is 0 Å². The van der Waals surface area contributed by atoms with E-state index in [2.05, 4.69) is 50.0 Å². The summed E-state index contributed by atoms with van der Waals surface area (Å²) in [6, 6.07) is 4.31. The summed E-state index contributed by atoms with van der Waals surface area (Å²) in [5.74, 6) is 1.45. The molecule has 0 aliphatic rings. The predicted molar refractivity (Wildman–Crippen MR) is 108 cm³/mol. The molecule has 0 aliphatic heterocycles. The molecule has 5 nitrogen and oxygen atoms in total. The Morgan fingerprint density at radius 1 is 1.40 bits per heavy atom. The number of thiophene rings is 1. The molecule has 0 aliphatic carbocycles. The summed E-state index contributed by atoms with van der Waals surface area (Å²) in [5.41, 5.74) is 1.04. The molecule has 1 N–H and O–H groups in total. The zero-order valence-corrected chi connectivity index (χ0v) is 17.3. The van der Waals surface area contributed by atoms with Crippen LogP contribution in [0.15, 0.2) is 27.9 Å². The lowest BCUT2D eigenvalue weighted by Crippen LogP contribution is -2.40. The summed E-state index contributed by atoms with van der Waals surface area (Å²) in [6.07, 6.45) is 1.13. The minimum absolute atomic E-state index is 0.0413. The van der Waals surface area contributed by atoms with E-state index < -0.39 is 0 Å². The van der Waals surface area contributed by atoms with Gasteiger partial charge in [0, 0.05) is 38.0 Å². The van der Waals surface area contributed by atoms with Crippen LogP contribution in [-0.2, 0) is 17.7 Å². The van der Waals surface area contributed by atoms with Crippen molar-refractivity contribution < 1.29 is 4.74 Å². The first-order chi connectivity index (χ1) is 12.0. The topological polar surface area (TPSA) is 49.8 Å². The van der Waals surface area contributed by atoms with Crippen molar-refractivity contribution in [2.45, 2.75) is 32.9 Å². The molecule has 2 rings (SSSR count). The van der Waals surface area contributed by atoms with Crippen molar-refractivity contribution >= 4 is 28.6 Å². The van der Waals surface area contributed by atoms with Crippen LogP contribution in [0.2, 0.25) is 0 Å². The van der Waals surface area contributed by atoms with Gasteiger partial charge in [-0.25, -0.2) is 4.98 Å². The summed E-state index contributed by atoms with van der Waals surface area (Å²) in [5, 5.41) is 8.71. The van der Waals surface area contributed by atoms with Gasteiger partial charge in [-0.2, -0.15) is 0 Å². The number of nitrogens with zero attached hydrogens (tertiary/aromatic N) is 3. The van der Waals surface area contributed by atoms with Gasteiger partial charge in [-0.05, 0) is 30.7 Å². The van der Waals surface area contributed by atoms with Crippen molar-refractivity contribution in [1.29, 1.82) is 0 Å². The van der Waals surface area contributed by atoms with E-state index in [0.29, 0.717) is 5.92 Å². The Morgan fingerprint density at radius 3 is 2.84 bits per heavy atom. The van der Waals surface area contributed by atoms with E-state index in [1.54, 1.807) is 18.4 Å². The molecule has 0 saturated carbocycles. The minimum Gasteiger partial charge on any atom is -0.375 e. The third kappa shape index (κ3) is 6.09.